The summed E-state index contributed by atoms with van der Waals surface area (Å²) >= 11 is 1.84. The molecule has 1 saturated heterocycles. The van der Waals surface area contributed by atoms with E-state index >= 15 is 0 Å². The number of thioether (sulfide) groups is 1. The lowest BCUT2D eigenvalue weighted by Crippen LogP contribution is -2.44. The van der Waals surface area contributed by atoms with Crippen molar-refractivity contribution in [3.8, 4) is 0 Å². The fourth-order valence-corrected chi connectivity index (χ4v) is 1.89. The second kappa shape index (κ2) is 5.03. The zero-order valence-electron chi connectivity index (χ0n) is 6.71. The Labute approximate surface area is 75.7 Å². The summed E-state index contributed by atoms with van der Waals surface area (Å²) in [5.74, 6) is 1.97. The predicted molar refractivity (Wildman–Crippen MR) is 48.0 cm³/mol. The zero-order chi connectivity index (χ0) is 8.81. The minimum atomic E-state index is -0.154. The molecule has 0 unspecified atom stereocenters. The molecule has 1 N–H and O–H groups in total. The van der Waals surface area contributed by atoms with Crippen molar-refractivity contribution in [3.05, 3.63) is 0 Å². The van der Waals surface area contributed by atoms with Crippen molar-refractivity contribution in [1.82, 2.24) is 10.2 Å². The number of nitrogens with zero attached hydrogens (tertiary/aromatic N) is 1. The van der Waals surface area contributed by atoms with Crippen LogP contribution in [0, 0.1) is 0 Å². The Morgan fingerprint density at radius 3 is 2.75 bits per heavy atom. The molecule has 67 valence electrons. The van der Waals surface area contributed by atoms with Crippen molar-refractivity contribution < 1.29 is 9.59 Å². The Morgan fingerprint density at radius 2 is 2.17 bits per heavy atom. The van der Waals surface area contributed by atoms with Crippen molar-refractivity contribution in [2.45, 2.75) is 0 Å². The Kier molecular flexibility index (Phi) is 3.93. The third-order valence-corrected chi connectivity index (χ3v) is 2.55. The van der Waals surface area contributed by atoms with Crippen LogP contribution in [0.1, 0.15) is 0 Å². The maximum absolute atomic E-state index is 11.2. The molecule has 0 aromatic rings. The van der Waals surface area contributed by atoms with E-state index in [1.807, 2.05) is 11.8 Å². The molecule has 12 heavy (non-hydrogen) atoms. The quantitative estimate of drug-likeness (QED) is 0.654. The van der Waals surface area contributed by atoms with Crippen molar-refractivity contribution in [2.24, 2.45) is 0 Å². The van der Waals surface area contributed by atoms with Gasteiger partial charge in [0, 0.05) is 24.6 Å². The normalized spacial score (nSPS) is 17.2. The first-order chi connectivity index (χ1) is 5.84. The average molecular weight is 187 g/mol. The molecule has 0 spiro atoms. The minimum Gasteiger partial charge on any atom is -0.330 e. The van der Waals surface area contributed by atoms with Gasteiger partial charge in [-0.15, -0.1) is 0 Å². The fraction of sp³-hybridized carbons (Fsp3) is 0.714. The molecule has 2 amide bonds. The van der Waals surface area contributed by atoms with Gasteiger partial charge in [0.15, 0.2) is 0 Å². The molecule has 0 saturated carbocycles. The lowest BCUT2D eigenvalue weighted by molar-refractivity contribution is 0.204. The molecule has 0 bridgehead atoms. The van der Waals surface area contributed by atoms with Gasteiger partial charge < -0.3 is 10.2 Å². The van der Waals surface area contributed by atoms with Crippen LogP contribution in [0.5, 0.6) is 0 Å². The molecule has 0 aromatic heterocycles. The predicted octanol–water partition coefficient (Wildman–Crippen LogP) is -0.146. The van der Waals surface area contributed by atoms with Gasteiger partial charge in [-0.1, -0.05) is 0 Å². The number of rotatable bonds is 2. The summed E-state index contributed by atoms with van der Waals surface area (Å²) in [7, 11) is 0. The van der Waals surface area contributed by atoms with Crippen molar-refractivity contribution in [3.63, 3.8) is 0 Å². The molecule has 0 aromatic carbocycles. The number of nitrogens with one attached hydrogen (secondary N) is 1. The van der Waals surface area contributed by atoms with Crippen molar-refractivity contribution in [2.75, 3.05) is 31.1 Å². The summed E-state index contributed by atoms with van der Waals surface area (Å²) in [5.41, 5.74) is 0. The van der Waals surface area contributed by atoms with Crippen LogP contribution in [0.3, 0.4) is 0 Å². The first-order valence-corrected chi connectivity index (χ1v) is 4.95. The zero-order valence-corrected chi connectivity index (χ0v) is 7.52. The second-order valence-electron chi connectivity index (χ2n) is 2.40. The molecule has 1 radical (unpaired) electrons. The number of carbonyl (C=O) groups is 1. The summed E-state index contributed by atoms with van der Waals surface area (Å²) in [6.07, 6.45) is 1.62. The molecule has 0 aliphatic carbocycles. The third-order valence-electron chi connectivity index (χ3n) is 1.61. The summed E-state index contributed by atoms with van der Waals surface area (Å²) in [5, 5.41) is 2.46. The van der Waals surface area contributed by atoms with E-state index in [4.69, 9.17) is 0 Å². The molecule has 1 heterocycles. The van der Waals surface area contributed by atoms with Crippen LogP contribution in [0.15, 0.2) is 0 Å². The highest BCUT2D eigenvalue weighted by molar-refractivity contribution is 7.99. The van der Waals surface area contributed by atoms with E-state index in [1.54, 1.807) is 11.2 Å². The average Bonchev–Trinajstić information content (AvgIpc) is 2.15. The first-order valence-electron chi connectivity index (χ1n) is 3.80. The summed E-state index contributed by atoms with van der Waals surface area (Å²) in [6, 6.07) is -0.154. The van der Waals surface area contributed by atoms with E-state index in [-0.39, 0.29) is 12.6 Å². The lowest BCUT2D eigenvalue weighted by Gasteiger charge is -2.25. The molecular weight excluding hydrogens is 176 g/mol. The summed E-state index contributed by atoms with van der Waals surface area (Å²) < 4.78 is 0. The van der Waals surface area contributed by atoms with Gasteiger partial charge in [0.25, 0.3) is 0 Å². The Morgan fingerprint density at radius 1 is 1.50 bits per heavy atom. The molecule has 1 aliphatic rings. The van der Waals surface area contributed by atoms with E-state index in [0.29, 0.717) is 0 Å². The number of hydrogen-bond donors (Lipinski definition) is 1. The summed E-state index contributed by atoms with van der Waals surface area (Å²) in [6.45, 7) is 1.53. The Balaban J connectivity index is 2.24. The minimum absolute atomic E-state index is 0.0114. The molecule has 0 atom stereocenters. The van der Waals surface area contributed by atoms with E-state index in [1.165, 1.54) is 0 Å². The van der Waals surface area contributed by atoms with Gasteiger partial charge in [-0.25, -0.2) is 4.79 Å². The van der Waals surface area contributed by atoms with E-state index < -0.39 is 0 Å². The van der Waals surface area contributed by atoms with Crippen LogP contribution >= 0.6 is 11.8 Å². The third kappa shape index (κ3) is 2.73. The van der Waals surface area contributed by atoms with Gasteiger partial charge in [0.05, 0.1) is 6.54 Å². The van der Waals surface area contributed by atoms with Crippen LogP contribution < -0.4 is 5.32 Å². The maximum atomic E-state index is 11.2. The summed E-state index contributed by atoms with van der Waals surface area (Å²) in [4.78, 5) is 22.7. The van der Waals surface area contributed by atoms with Crippen LogP contribution in [0.4, 0.5) is 4.79 Å². The van der Waals surface area contributed by atoms with E-state index in [9.17, 15) is 9.59 Å². The maximum Gasteiger partial charge on any atom is 0.317 e. The molecule has 1 fully saturated rings. The molecule has 4 nitrogen and oxygen atoms in total. The number of urea groups is 1. The van der Waals surface area contributed by atoms with Gasteiger partial charge in [-0.3, -0.25) is 4.79 Å². The highest BCUT2D eigenvalue weighted by Crippen LogP contribution is 2.08. The SMILES string of the molecule is O=[C]CNC(=O)N1CCSCC1. The van der Waals surface area contributed by atoms with Crippen molar-refractivity contribution >= 4 is 24.1 Å². The fourth-order valence-electron chi connectivity index (χ4n) is 0.990. The van der Waals surface area contributed by atoms with E-state index in [0.717, 1.165) is 24.6 Å². The van der Waals surface area contributed by atoms with Crippen LogP contribution in [0.2, 0.25) is 0 Å². The van der Waals surface area contributed by atoms with Crippen LogP contribution in [-0.2, 0) is 4.79 Å². The molecular formula is C7H11N2O2S. The number of amides is 2. The van der Waals surface area contributed by atoms with Crippen LogP contribution in [0.25, 0.3) is 0 Å². The molecule has 1 aliphatic heterocycles. The molecule has 1 rings (SSSR count). The standard InChI is InChI=1S/C7H11N2O2S/c10-4-1-8-7(11)9-2-5-12-6-3-9/h1-3,5-6H2,(H,8,11). The van der Waals surface area contributed by atoms with Crippen molar-refractivity contribution in [1.29, 1.82) is 0 Å². The van der Waals surface area contributed by atoms with E-state index in [2.05, 4.69) is 5.32 Å². The monoisotopic (exact) mass is 187 g/mol. The highest BCUT2D eigenvalue weighted by atomic mass is 32.2. The number of carbonyl (C=O) groups excluding carboxylic acids is 2. The van der Waals surface area contributed by atoms with Gasteiger partial charge in [-0.05, 0) is 0 Å². The van der Waals surface area contributed by atoms with Crippen LogP contribution in [-0.4, -0.2) is 48.4 Å². The number of hydrogen-bond acceptors (Lipinski definition) is 3. The molecule has 5 heteroatoms. The Hall–Kier alpha value is -0.710. The highest BCUT2D eigenvalue weighted by Gasteiger charge is 2.15. The largest absolute Gasteiger partial charge is 0.330 e. The Bertz CT molecular complexity index is 169. The smallest absolute Gasteiger partial charge is 0.317 e. The van der Waals surface area contributed by atoms with Gasteiger partial charge in [0.2, 0.25) is 6.29 Å². The van der Waals surface area contributed by atoms with Gasteiger partial charge >= 0.3 is 6.03 Å². The first kappa shape index (κ1) is 9.38. The van der Waals surface area contributed by atoms with Gasteiger partial charge in [0.1, 0.15) is 0 Å². The lowest BCUT2D eigenvalue weighted by atomic mass is 10.5. The van der Waals surface area contributed by atoms with Gasteiger partial charge in [-0.2, -0.15) is 11.8 Å². The second-order valence-corrected chi connectivity index (χ2v) is 3.63. The topological polar surface area (TPSA) is 49.4 Å².